The highest BCUT2D eigenvalue weighted by atomic mass is 79.9. The van der Waals surface area contributed by atoms with Crippen molar-refractivity contribution in [1.82, 2.24) is 14.9 Å². The summed E-state index contributed by atoms with van der Waals surface area (Å²) in [5.41, 5.74) is 5.17. The lowest BCUT2D eigenvalue weighted by Crippen LogP contribution is -2.13. The van der Waals surface area contributed by atoms with Crippen molar-refractivity contribution in [2.45, 2.75) is 13.2 Å². The molecule has 0 radical (unpaired) electrons. The van der Waals surface area contributed by atoms with E-state index in [1.54, 1.807) is 18.1 Å². The van der Waals surface area contributed by atoms with Gasteiger partial charge in [-0.25, -0.2) is 4.68 Å². The fourth-order valence-corrected chi connectivity index (χ4v) is 3.18. The number of benzene rings is 2. The first kappa shape index (κ1) is 18.8. The molecule has 0 aliphatic carbocycles. The summed E-state index contributed by atoms with van der Waals surface area (Å²) in [7, 11) is 1.61. The molecule has 0 saturated carbocycles. The molecule has 0 fully saturated rings. The largest absolute Gasteiger partial charge is 0.493 e. The number of hydrogen-bond donors (Lipinski definition) is 2. The van der Waals surface area contributed by atoms with Gasteiger partial charge in [0.25, 0.3) is 0 Å². The third-order valence-electron chi connectivity index (χ3n) is 3.59. The topological polar surface area (TPSA) is 64.1 Å². The Hall–Kier alpha value is -2.03. The van der Waals surface area contributed by atoms with Crippen molar-refractivity contribution in [2.24, 2.45) is 0 Å². The molecule has 3 aromatic rings. The molecule has 2 N–H and O–H groups in total. The van der Waals surface area contributed by atoms with Gasteiger partial charge < -0.3 is 14.9 Å². The van der Waals surface area contributed by atoms with E-state index in [9.17, 15) is 0 Å². The third kappa shape index (κ3) is 4.57. The van der Waals surface area contributed by atoms with Crippen LogP contribution in [0.15, 0.2) is 47.2 Å². The minimum absolute atomic E-state index is 0.411. The van der Waals surface area contributed by atoms with Crippen LogP contribution in [0.25, 0.3) is 0 Å². The molecular formula is C17H16BrClN4O2S. The number of aromatic amines is 1. The molecule has 2 aromatic carbocycles. The van der Waals surface area contributed by atoms with Crippen molar-refractivity contribution in [3.05, 3.63) is 68.1 Å². The van der Waals surface area contributed by atoms with E-state index in [0.29, 0.717) is 34.4 Å². The van der Waals surface area contributed by atoms with Gasteiger partial charge in [0.1, 0.15) is 12.9 Å². The molecule has 1 aromatic heterocycles. The van der Waals surface area contributed by atoms with Crippen molar-refractivity contribution >= 4 is 39.7 Å². The number of aromatic nitrogens is 3. The maximum atomic E-state index is 5.94. The standard InChI is InChI=1S/C17H16BrClN4O2S/c1-24-15-7-12(8-21-23-10-20-22-17(23)26)6-14(18)16(15)25-9-11-2-4-13(19)5-3-11/h2-7,10,21H,8-9H2,1H3,(H,22,26). The Balaban J connectivity index is 1.73. The van der Waals surface area contributed by atoms with Crippen LogP contribution in [0.3, 0.4) is 0 Å². The molecule has 0 bridgehead atoms. The maximum absolute atomic E-state index is 5.94. The predicted octanol–water partition coefficient (Wildman–Crippen LogP) is 4.69. The molecule has 0 unspecified atom stereocenters. The van der Waals surface area contributed by atoms with E-state index in [0.717, 1.165) is 15.6 Å². The summed E-state index contributed by atoms with van der Waals surface area (Å²) >= 11 is 14.6. The fraction of sp³-hybridized carbons (Fsp3) is 0.176. The highest BCUT2D eigenvalue weighted by Crippen LogP contribution is 2.37. The van der Waals surface area contributed by atoms with Crippen molar-refractivity contribution in [3.8, 4) is 11.5 Å². The van der Waals surface area contributed by atoms with Crippen molar-refractivity contribution in [3.63, 3.8) is 0 Å². The molecule has 0 amide bonds. The Bertz CT molecular complexity index is 943. The minimum Gasteiger partial charge on any atom is -0.493 e. The molecule has 136 valence electrons. The van der Waals surface area contributed by atoms with Crippen LogP contribution in [0.4, 0.5) is 0 Å². The zero-order valence-electron chi connectivity index (χ0n) is 13.8. The van der Waals surface area contributed by atoms with E-state index in [4.69, 9.17) is 33.3 Å². The van der Waals surface area contributed by atoms with Gasteiger partial charge in [0, 0.05) is 5.02 Å². The van der Waals surface area contributed by atoms with Crippen molar-refractivity contribution in [2.75, 3.05) is 12.5 Å². The van der Waals surface area contributed by atoms with Crippen molar-refractivity contribution in [1.29, 1.82) is 0 Å². The first-order valence-corrected chi connectivity index (χ1v) is 9.24. The summed E-state index contributed by atoms with van der Waals surface area (Å²) in [5.74, 6) is 1.28. The molecule has 6 nitrogen and oxygen atoms in total. The summed E-state index contributed by atoms with van der Waals surface area (Å²) in [6, 6.07) is 11.4. The van der Waals surface area contributed by atoms with Crippen LogP contribution in [0.2, 0.25) is 5.02 Å². The first-order chi connectivity index (χ1) is 12.6. The molecule has 0 aliphatic rings. The van der Waals surface area contributed by atoms with E-state index in [1.807, 2.05) is 36.4 Å². The lowest BCUT2D eigenvalue weighted by atomic mass is 10.2. The second-order valence-corrected chi connectivity index (χ2v) is 7.07. The summed E-state index contributed by atoms with van der Waals surface area (Å²) in [6.07, 6.45) is 1.58. The number of H-pyrrole nitrogens is 1. The van der Waals surface area contributed by atoms with Crippen LogP contribution in [0.5, 0.6) is 11.5 Å². The fourth-order valence-electron chi connectivity index (χ4n) is 2.29. The van der Waals surface area contributed by atoms with Gasteiger partial charge in [0.05, 0.1) is 18.1 Å². The van der Waals surface area contributed by atoms with Gasteiger partial charge in [-0.2, -0.15) is 5.10 Å². The van der Waals surface area contributed by atoms with Crippen LogP contribution in [-0.2, 0) is 13.2 Å². The zero-order valence-corrected chi connectivity index (χ0v) is 17.0. The Kier molecular flexibility index (Phi) is 6.18. The number of nitrogens with one attached hydrogen (secondary N) is 2. The number of hydrogen-bond acceptors (Lipinski definition) is 5. The van der Waals surface area contributed by atoms with Crippen LogP contribution < -0.4 is 14.9 Å². The molecule has 0 saturated heterocycles. The number of ether oxygens (including phenoxy) is 2. The highest BCUT2D eigenvalue weighted by molar-refractivity contribution is 9.10. The molecule has 3 rings (SSSR count). The second-order valence-electron chi connectivity index (χ2n) is 5.39. The van der Waals surface area contributed by atoms with Gasteiger partial charge in [-0.3, -0.25) is 5.10 Å². The van der Waals surface area contributed by atoms with E-state index >= 15 is 0 Å². The smallest absolute Gasteiger partial charge is 0.214 e. The minimum atomic E-state index is 0.411. The molecule has 9 heteroatoms. The second kappa shape index (κ2) is 8.57. The highest BCUT2D eigenvalue weighted by Gasteiger charge is 2.12. The average molecular weight is 456 g/mol. The SMILES string of the molecule is COc1cc(CNn2cn[nH]c2=S)cc(Br)c1OCc1ccc(Cl)cc1. The van der Waals surface area contributed by atoms with E-state index in [1.165, 1.54) is 0 Å². The molecular weight excluding hydrogens is 440 g/mol. The molecule has 0 atom stereocenters. The van der Waals surface area contributed by atoms with Crippen molar-refractivity contribution < 1.29 is 9.47 Å². The Morgan fingerprint density at radius 2 is 2.04 bits per heavy atom. The van der Waals surface area contributed by atoms with E-state index < -0.39 is 0 Å². The number of halogens is 2. The Morgan fingerprint density at radius 1 is 1.27 bits per heavy atom. The van der Waals surface area contributed by atoms with Crippen LogP contribution in [0.1, 0.15) is 11.1 Å². The average Bonchev–Trinajstić information content (AvgIpc) is 3.05. The molecule has 0 spiro atoms. The molecule has 0 aliphatic heterocycles. The summed E-state index contributed by atoms with van der Waals surface area (Å²) in [4.78, 5) is 0. The number of methoxy groups -OCH3 is 1. The van der Waals surface area contributed by atoms with Crippen LogP contribution >= 0.6 is 39.7 Å². The quantitative estimate of drug-likeness (QED) is 0.506. The lowest BCUT2D eigenvalue weighted by molar-refractivity contribution is 0.282. The number of rotatable bonds is 7. The molecule has 26 heavy (non-hydrogen) atoms. The zero-order chi connectivity index (χ0) is 18.5. The summed E-state index contributed by atoms with van der Waals surface area (Å²) in [5, 5.41) is 7.25. The van der Waals surface area contributed by atoms with Gasteiger partial charge in [-0.1, -0.05) is 23.7 Å². The normalized spacial score (nSPS) is 10.6. The van der Waals surface area contributed by atoms with E-state index in [2.05, 4.69) is 31.6 Å². The first-order valence-electron chi connectivity index (χ1n) is 7.66. The number of nitrogens with zero attached hydrogens (tertiary/aromatic N) is 2. The summed E-state index contributed by atoms with van der Waals surface area (Å²) < 4.78 is 14.4. The van der Waals surface area contributed by atoms with Gasteiger partial charge in [0.15, 0.2) is 11.5 Å². The van der Waals surface area contributed by atoms with Gasteiger partial charge >= 0.3 is 0 Å². The molecule has 1 heterocycles. The van der Waals surface area contributed by atoms with Gasteiger partial charge in [-0.15, -0.1) is 0 Å². The summed E-state index contributed by atoms with van der Waals surface area (Å²) in [6.45, 7) is 0.953. The lowest BCUT2D eigenvalue weighted by Gasteiger charge is -2.15. The van der Waals surface area contributed by atoms with Gasteiger partial charge in [-0.05, 0) is 63.5 Å². The van der Waals surface area contributed by atoms with Crippen LogP contribution in [0, 0.1) is 4.77 Å². The third-order valence-corrected chi connectivity index (χ3v) is 4.72. The van der Waals surface area contributed by atoms with E-state index in [-0.39, 0.29) is 0 Å². The van der Waals surface area contributed by atoms with Crippen LogP contribution in [-0.4, -0.2) is 22.0 Å². The Labute approximate surface area is 169 Å². The predicted molar refractivity (Wildman–Crippen MR) is 107 cm³/mol. The monoisotopic (exact) mass is 454 g/mol. The Morgan fingerprint density at radius 3 is 2.69 bits per heavy atom. The maximum Gasteiger partial charge on any atom is 0.214 e. The van der Waals surface area contributed by atoms with Gasteiger partial charge in [0.2, 0.25) is 4.77 Å².